The van der Waals surface area contributed by atoms with Crippen molar-refractivity contribution in [3.63, 3.8) is 0 Å². The molecule has 1 fully saturated rings. The largest absolute Gasteiger partial charge is 0.379 e. The Bertz CT molecular complexity index is 1310. The van der Waals surface area contributed by atoms with Gasteiger partial charge in [0.2, 0.25) is 0 Å². The van der Waals surface area contributed by atoms with Gasteiger partial charge >= 0.3 is 10.1 Å². The molecular weight excluding hydrogens is 460 g/mol. The predicted molar refractivity (Wildman–Crippen MR) is 124 cm³/mol. The Balaban J connectivity index is 1.37. The Morgan fingerprint density at radius 1 is 1.09 bits per heavy atom. The van der Waals surface area contributed by atoms with Crippen LogP contribution in [0.4, 0.5) is 11.5 Å². The zero-order valence-corrected chi connectivity index (χ0v) is 18.9. The minimum absolute atomic E-state index is 0.0209. The summed E-state index contributed by atoms with van der Waals surface area (Å²) < 4.78 is 29.9. The first-order valence-corrected chi connectivity index (χ1v) is 12.0. The van der Waals surface area contributed by atoms with E-state index < -0.39 is 15.0 Å². The lowest BCUT2D eigenvalue weighted by Crippen LogP contribution is -2.23. The van der Waals surface area contributed by atoms with Crippen LogP contribution in [0.5, 0.6) is 5.75 Å². The molecule has 1 saturated heterocycles. The molecule has 0 radical (unpaired) electrons. The van der Waals surface area contributed by atoms with Gasteiger partial charge in [-0.1, -0.05) is 6.07 Å². The first-order valence-electron chi connectivity index (χ1n) is 10.6. The molecule has 0 unspecified atom stereocenters. The second-order valence-corrected chi connectivity index (χ2v) is 9.26. The summed E-state index contributed by atoms with van der Waals surface area (Å²) in [6, 6.07) is 14.0. The molecule has 0 atom stereocenters. The fourth-order valence-electron chi connectivity index (χ4n) is 3.56. The van der Waals surface area contributed by atoms with Crippen LogP contribution in [0.3, 0.4) is 0 Å². The van der Waals surface area contributed by atoms with Crippen molar-refractivity contribution in [2.75, 3.05) is 18.0 Å². The van der Waals surface area contributed by atoms with Gasteiger partial charge in [0.1, 0.15) is 16.5 Å². The molecule has 176 valence electrons. The van der Waals surface area contributed by atoms with Gasteiger partial charge in [-0.05, 0) is 60.9 Å². The number of nitro benzene ring substituents is 1. The van der Waals surface area contributed by atoms with Crippen molar-refractivity contribution in [3.8, 4) is 5.75 Å². The number of rotatable bonds is 8. The Morgan fingerprint density at radius 2 is 1.82 bits per heavy atom. The Hall–Kier alpha value is -3.99. The molecule has 1 aliphatic rings. The van der Waals surface area contributed by atoms with Crippen molar-refractivity contribution >= 4 is 27.5 Å². The van der Waals surface area contributed by atoms with Crippen molar-refractivity contribution in [2.45, 2.75) is 24.3 Å². The zero-order valence-electron chi connectivity index (χ0n) is 18.1. The number of carbonyl (C=O) groups excluding carboxylic acids is 1. The molecule has 0 spiro atoms. The van der Waals surface area contributed by atoms with Crippen molar-refractivity contribution < 1.29 is 22.3 Å². The zero-order chi connectivity index (χ0) is 24.1. The number of carbonyl (C=O) groups is 1. The van der Waals surface area contributed by atoms with Crippen LogP contribution in [0.2, 0.25) is 0 Å². The lowest BCUT2D eigenvalue weighted by Gasteiger charge is -2.17. The van der Waals surface area contributed by atoms with Crippen LogP contribution in [0.25, 0.3) is 0 Å². The maximum absolute atomic E-state index is 12.5. The predicted octanol–water partition coefficient (Wildman–Crippen LogP) is 3.29. The number of amides is 1. The molecule has 0 bridgehead atoms. The summed E-state index contributed by atoms with van der Waals surface area (Å²) in [6.07, 6.45) is 4.02. The molecule has 0 aliphatic carbocycles. The normalized spacial score (nSPS) is 13.5. The van der Waals surface area contributed by atoms with Gasteiger partial charge in [-0.15, -0.1) is 0 Å². The molecule has 0 saturated carbocycles. The highest BCUT2D eigenvalue weighted by Crippen LogP contribution is 2.23. The average molecular weight is 483 g/mol. The Morgan fingerprint density at radius 3 is 2.53 bits per heavy atom. The van der Waals surface area contributed by atoms with E-state index in [0.29, 0.717) is 12.1 Å². The number of nitrogens with one attached hydrogen (secondary N) is 1. The first kappa shape index (κ1) is 23.2. The standard InChI is InChI=1S/C23H22N4O6S/c28-23(25-16-17-10-11-24-22(14-17)26-12-1-2-13-26)18-6-8-20(9-7-18)33-34(31,32)21-5-3-4-19(15-21)27(29)30/h3-11,14-15H,1-2,12-13,16H2,(H,25,28). The third-order valence-electron chi connectivity index (χ3n) is 5.33. The van der Waals surface area contributed by atoms with E-state index in [2.05, 4.69) is 15.2 Å². The number of hydrogen-bond acceptors (Lipinski definition) is 8. The summed E-state index contributed by atoms with van der Waals surface area (Å²) in [4.78, 5) is 29.0. The van der Waals surface area contributed by atoms with Gasteiger partial charge in [0.05, 0.1) is 4.92 Å². The number of nitrogens with zero attached hydrogens (tertiary/aromatic N) is 3. The van der Waals surface area contributed by atoms with Crippen LogP contribution in [0, 0.1) is 10.1 Å². The van der Waals surface area contributed by atoms with E-state index in [1.54, 1.807) is 6.20 Å². The molecule has 1 aliphatic heterocycles. The van der Waals surface area contributed by atoms with Gasteiger partial charge < -0.3 is 14.4 Å². The number of pyridine rings is 1. The van der Waals surface area contributed by atoms with Gasteiger partial charge in [0, 0.05) is 43.5 Å². The van der Waals surface area contributed by atoms with E-state index in [4.69, 9.17) is 4.18 Å². The third-order valence-corrected chi connectivity index (χ3v) is 6.58. The molecule has 10 nitrogen and oxygen atoms in total. The molecule has 11 heteroatoms. The van der Waals surface area contributed by atoms with Gasteiger partial charge in [-0.25, -0.2) is 4.98 Å². The highest BCUT2D eigenvalue weighted by Gasteiger charge is 2.20. The van der Waals surface area contributed by atoms with Crippen LogP contribution in [-0.4, -0.2) is 37.3 Å². The minimum atomic E-state index is -4.27. The van der Waals surface area contributed by atoms with Crippen molar-refractivity contribution in [2.24, 2.45) is 0 Å². The summed E-state index contributed by atoms with van der Waals surface area (Å²) >= 11 is 0. The van der Waals surface area contributed by atoms with E-state index in [9.17, 15) is 23.3 Å². The van der Waals surface area contributed by atoms with Gasteiger partial charge in [-0.2, -0.15) is 8.42 Å². The average Bonchev–Trinajstić information content (AvgIpc) is 3.38. The lowest BCUT2D eigenvalue weighted by atomic mass is 10.2. The Labute approximate surface area is 196 Å². The van der Waals surface area contributed by atoms with E-state index in [1.807, 2.05) is 12.1 Å². The van der Waals surface area contributed by atoms with E-state index in [1.165, 1.54) is 42.5 Å². The number of aromatic nitrogens is 1. The van der Waals surface area contributed by atoms with Gasteiger partial charge in [-0.3, -0.25) is 14.9 Å². The number of nitro groups is 1. The van der Waals surface area contributed by atoms with Gasteiger partial charge in [0.15, 0.2) is 0 Å². The summed E-state index contributed by atoms with van der Waals surface area (Å²) in [6.45, 7) is 2.28. The SMILES string of the molecule is O=C(NCc1ccnc(N2CCCC2)c1)c1ccc(OS(=O)(=O)c2cccc([N+](=O)[O-])c2)cc1. The molecule has 3 aromatic rings. The van der Waals surface area contributed by atoms with E-state index >= 15 is 0 Å². The second-order valence-electron chi connectivity index (χ2n) is 7.72. The summed E-state index contributed by atoms with van der Waals surface area (Å²) in [5, 5.41) is 13.7. The van der Waals surface area contributed by atoms with Crippen LogP contribution in [-0.2, 0) is 16.7 Å². The van der Waals surface area contributed by atoms with Crippen molar-refractivity contribution in [3.05, 3.63) is 88.1 Å². The highest BCUT2D eigenvalue weighted by molar-refractivity contribution is 7.87. The minimum Gasteiger partial charge on any atom is -0.379 e. The molecule has 34 heavy (non-hydrogen) atoms. The van der Waals surface area contributed by atoms with Crippen LogP contribution in [0.15, 0.2) is 71.8 Å². The fraction of sp³-hybridized carbons (Fsp3) is 0.217. The molecule has 4 rings (SSSR count). The van der Waals surface area contributed by atoms with Crippen LogP contribution >= 0.6 is 0 Å². The smallest absolute Gasteiger partial charge is 0.339 e. The van der Waals surface area contributed by atoms with E-state index in [0.717, 1.165) is 43.4 Å². The quantitative estimate of drug-likeness (QED) is 0.294. The summed E-state index contributed by atoms with van der Waals surface area (Å²) in [5.41, 5.74) is 0.889. The molecule has 2 aromatic carbocycles. The molecule has 2 heterocycles. The van der Waals surface area contributed by atoms with Crippen molar-refractivity contribution in [1.29, 1.82) is 0 Å². The maximum atomic E-state index is 12.5. The Kier molecular flexibility index (Phi) is 6.73. The van der Waals surface area contributed by atoms with Gasteiger partial charge in [0.25, 0.3) is 11.6 Å². The molecule has 1 N–H and O–H groups in total. The summed E-state index contributed by atoms with van der Waals surface area (Å²) in [5.74, 6) is 0.552. The van der Waals surface area contributed by atoms with Crippen LogP contribution < -0.4 is 14.4 Å². The van der Waals surface area contributed by atoms with E-state index in [-0.39, 0.29) is 22.2 Å². The second kappa shape index (κ2) is 9.87. The molecule has 1 aromatic heterocycles. The summed E-state index contributed by atoms with van der Waals surface area (Å²) in [7, 11) is -4.27. The number of anilines is 1. The molecule has 1 amide bonds. The third kappa shape index (κ3) is 5.49. The van der Waals surface area contributed by atoms with Crippen molar-refractivity contribution in [1.82, 2.24) is 10.3 Å². The lowest BCUT2D eigenvalue weighted by molar-refractivity contribution is -0.385. The topological polar surface area (TPSA) is 132 Å². The number of non-ortho nitro benzene ring substituents is 1. The fourth-order valence-corrected chi connectivity index (χ4v) is 4.53. The van der Waals surface area contributed by atoms with Crippen LogP contribution in [0.1, 0.15) is 28.8 Å². The monoisotopic (exact) mass is 482 g/mol. The first-order chi connectivity index (χ1) is 16.3. The number of hydrogen-bond donors (Lipinski definition) is 1. The number of benzene rings is 2. The maximum Gasteiger partial charge on any atom is 0.339 e. The molecular formula is C23H22N4O6S. The highest BCUT2D eigenvalue weighted by atomic mass is 32.2.